The molecule has 1 heterocycles. The van der Waals surface area contributed by atoms with Gasteiger partial charge in [0, 0.05) is 18.6 Å². The molecule has 2 rings (SSSR count). The zero-order chi connectivity index (χ0) is 29.5. The quantitative estimate of drug-likeness (QED) is 0.107. The molecular weight excluding hydrogens is 539 g/mol. The highest BCUT2D eigenvalue weighted by atomic mass is 19.4. The number of nitrogens with one attached hydrogen (secondary N) is 1. The summed E-state index contributed by atoms with van der Waals surface area (Å²) in [6.45, 7) is 5.68. The molecule has 1 aliphatic heterocycles. The van der Waals surface area contributed by atoms with Gasteiger partial charge >= 0.3 is 24.4 Å². The number of nitro groups is 1. The fourth-order valence-electron chi connectivity index (χ4n) is 3.52. The first-order chi connectivity index (χ1) is 18.0. The van der Waals surface area contributed by atoms with Gasteiger partial charge in [-0.2, -0.15) is 22.0 Å². The van der Waals surface area contributed by atoms with Gasteiger partial charge < -0.3 is 24.3 Å². The number of allylic oxidation sites excluding steroid dienone is 2. The minimum Gasteiger partial charge on any atom is -0.434 e. The van der Waals surface area contributed by atoms with Crippen molar-refractivity contribution in [2.24, 2.45) is 0 Å². The van der Waals surface area contributed by atoms with Crippen LogP contribution in [0, 0.1) is 10.1 Å². The van der Waals surface area contributed by atoms with Gasteiger partial charge in [0.2, 0.25) is 0 Å². The van der Waals surface area contributed by atoms with Crippen LogP contribution in [0.5, 0.6) is 0 Å². The predicted octanol–water partition coefficient (Wildman–Crippen LogP) is 6.83. The third-order valence-electron chi connectivity index (χ3n) is 5.29. The van der Waals surface area contributed by atoms with Gasteiger partial charge in [-0.3, -0.25) is 10.1 Å². The number of carbonyl (C=O) groups is 2. The number of rotatable bonds is 10. The first-order valence-electron chi connectivity index (χ1n) is 11.6. The number of ether oxygens (including phenoxy) is 4. The third kappa shape index (κ3) is 8.55. The molecule has 216 valence electrons. The number of alkyl halides is 5. The van der Waals surface area contributed by atoms with Crippen LogP contribution < -0.4 is 5.32 Å². The SMILES string of the molecule is CC1=C(OC(=O)OCCCCC(F)(F)C(F)(F)F)C(c2cccc([N+](=O)[O-])c2)C(OC(=O)OC(C)C)=C(C)N1. The van der Waals surface area contributed by atoms with Gasteiger partial charge in [0.25, 0.3) is 5.69 Å². The molecule has 15 heteroatoms. The van der Waals surface area contributed by atoms with Crippen LogP contribution in [-0.2, 0) is 18.9 Å². The van der Waals surface area contributed by atoms with Crippen molar-refractivity contribution in [3.8, 4) is 0 Å². The minimum absolute atomic E-state index is 0.0936. The predicted molar refractivity (Wildman–Crippen MR) is 124 cm³/mol. The number of non-ortho nitro benzene ring substituents is 1. The molecule has 0 amide bonds. The molecule has 0 aliphatic carbocycles. The summed E-state index contributed by atoms with van der Waals surface area (Å²) in [5.41, 5.74) is 0.448. The Labute approximate surface area is 219 Å². The molecule has 0 fully saturated rings. The number of nitro benzene ring substituents is 1. The molecule has 0 saturated carbocycles. The van der Waals surface area contributed by atoms with Crippen molar-refractivity contribution in [3.05, 3.63) is 62.9 Å². The van der Waals surface area contributed by atoms with Crippen LogP contribution in [0.4, 0.5) is 37.2 Å². The summed E-state index contributed by atoms with van der Waals surface area (Å²) in [5.74, 6) is -6.29. The molecule has 0 saturated heterocycles. The van der Waals surface area contributed by atoms with E-state index in [-0.39, 0.29) is 34.9 Å². The molecular formula is C24H27F5N2O8. The summed E-state index contributed by atoms with van der Waals surface area (Å²) < 4.78 is 83.4. The maximum absolute atomic E-state index is 13.0. The molecule has 1 aromatic carbocycles. The second kappa shape index (κ2) is 12.8. The zero-order valence-electron chi connectivity index (χ0n) is 21.4. The van der Waals surface area contributed by atoms with Gasteiger partial charge in [-0.1, -0.05) is 12.1 Å². The Morgan fingerprint density at radius 3 is 2.15 bits per heavy atom. The molecule has 0 radical (unpaired) electrons. The molecule has 39 heavy (non-hydrogen) atoms. The van der Waals surface area contributed by atoms with E-state index in [2.05, 4.69) is 5.32 Å². The molecule has 1 aliphatic rings. The Morgan fingerprint density at radius 1 is 1.03 bits per heavy atom. The molecule has 10 nitrogen and oxygen atoms in total. The highest BCUT2D eigenvalue weighted by Crippen LogP contribution is 2.41. The Morgan fingerprint density at radius 2 is 1.62 bits per heavy atom. The first-order valence-corrected chi connectivity index (χ1v) is 11.6. The van der Waals surface area contributed by atoms with Crippen LogP contribution in [0.15, 0.2) is 47.2 Å². The number of halogens is 5. The van der Waals surface area contributed by atoms with Crippen molar-refractivity contribution < 1.29 is 55.4 Å². The van der Waals surface area contributed by atoms with Gasteiger partial charge in [0.15, 0.2) is 0 Å². The lowest BCUT2D eigenvalue weighted by Gasteiger charge is -2.30. The lowest BCUT2D eigenvalue weighted by atomic mass is 9.90. The normalized spacial score (nSPS) is 16.1. The van der Waals surface area contributed by atoms with E-state index in [0.717, 1.165) is 0 Å². The summed E-state index contributed by atoms with van der Waals surface area (Å²) in [7, 11) is 0. The van der Waals surface area contributed by atoms with E-state index in [1.807, 2.05) is 0 Å². The number of benzene rings is 1. The number of hydrogen-bond donors (Lipinski definition) is 1. The van der Waals surface area contributed by atoms with Crippen molar-refractivity contribution in [2.75, 3.05) is 6.61 Å². The highest BCUT2D eigenvalue weighted by Gasteiger charge is 2.56. The Kier molecular flexibility index (Phi) is 10.2. The van der Waals surface area contributed by atoms with Gasteiger partial charge in [-0.15, -0.1) is 0 Å². The van der Waals surface area contributed by atoms with Crippen molar-refractivity contribution >= 4 is 18.0 Å². The van der Waals surface area contributed by atoms with E-state index in [0.29, 0.717) is 5.70 Å². The molecule has 1 aromatic rings. The second-order valence-corrected chi connectivity index (χ2v) is 8.77. The summed E-state index contributed by atoms with van der Waals surface area (Å²) in [6, 6.07) is 5.25. The molecule has 1 N–H and O–H groups in total. The fraction of sp³-hybridized carbons (Fsp3) is 0.500. The van der Waals surface area contributed by atoms with Crippen molar-refractivity contribution in [2.45, 2.75) is 71.1 Å². The van der Waals surface area contributed by atoms with E-state index in [1.165, 1.54) is 38.1 Å². The molecule has 0 bridgehead atoms. The maximum atomic E-state index is 13.0. The number of nitrogens with zero attached hydrogens (tertiary/aromatic N) is 1. The Hall–Kier alpha value is -3.91. The lowest BCUT2D eigenvalue weighted by molar-refractivity contribution is -0.384. The Balaban J connectivity index is 2.23. The van der Waals surface area contributed by atoms with Crippen LogP contribution in [-0.4, -0.2) is 42.0 Å². The summed E-state index contributed by atoms with van der Waals surface area (Å²) in [6.07, 6.45) is -11.0. The van der Waals surface area contributed by atoms with Gasteiger partial charge in [0.1, 0.15) is 17.4 Å². The number of dihydropyridines is 1. The second-order valence-electron chi connectivity index (χ2n) is 8.77. The van der Waals surface area contributed by atoms with Crippen LogP contribution in [0.2, 0.25) is 0 Å². The monoisotopic (exact) mass is 566 g/mol. The summed E-state index contributed by atoms with van der Waals surface area (Å²) >= 11 is 0. The fourth-order valence-corrected chi connectivity index (χ4v) is 3.52. The summed E-state index contributed by atoms with van der Waals surface area (Å²) in [4.78, 5) is 35.4. The van der Waals surface area contributed by atoms with Crippen LogP contribution in [0.3, 0.4) is 0 Å². The average Bonchev–Trinajstić information content (AvgIpc) is 2.80. The first kappa shape index (κ1) is 31.3. The van der Waals surface area contributed by atoms with Crippen molar-refractivity contribution in [3.63, 3.8) is 0 Å². The van der Waals surface area contributed by atoms with Gasteiger partial charge in [0.05, 0.1) is 29.0 Å². The number of hydrogen-bond acceptors (Lipinski definition) is 9. The van der Waals surface area contributed by atoms with E-state index in [1.54, 1.807) is 13.8 Å². The average molecular weight is 566 g/mol. The third-order valence-corrected chi connectivity index (χ3v) is 5.29. The molecule has 1 unspecified atom stereocenters. The molecule has 0 aromatic heterocycles. The largest absolute Gasteiger partial charge is 0.513 e. The number of unbranched alkanes of at least 4 members (excludes halogenated alkanes) is 1. The minimum atomic E-state index is -5.68. The lowest BCUT2D eigenvalue weighted by Crippen LogP contribution is -2.36. The van der Waals surface area contributed by atoms with Gasteiger partial charge in [-0.05, 0) is 46.1 Å². The Bertz CT molecular complexity index is 1150. The van der Waals surface area contributed by atoms with E-state index in [4.69, 9.17) is 18.9 Å². The standard InChI is InChI=1S/C24H27F5N2O8/c1-13(2)37-22(33)39-20-15(4)30-14(3)19(18(20)16-8-7-9-17(12-16)31(34)35)38-21(32)36-11-6-5-10-23(25,26)24(27,28)29/h7-9,12-13,18,30H,5-6,10-11H2,1-4H3. The van der Waals surface area contributed by atoms with E-state index in [9.17, 15) is 41.7 Å². The van der Waals surface area contributed by atoms with Gasteiger partial charge in [-0.25, -0.2) is 9.59 Å². The number of carbonyl (C=O) groups excluding carboxylic acids is 2. The van der Waals surface area contributed by atoms with Crippen molar-refractivity contribution in [1.29, 1.82) is 0 Å². The van der Waals surface area contributed by atoms with E-state index >= 15 is 0 Å². The van der Waals surface area contributed by atoms with E-state index < -0.39 is 60.8 Å². The highest BCUT2D eigenvalue weighted by molar-refractivity contribution is 5.65. The van der Waals surface area contributed by atoms with Crippen LogP contribution in [0.1, 0.15) is 58.4 Å². The molecule has 0 spiro atoms. The van der Waals surface area contributed by atoms with Crippen molar-refractivity contribution in [1.82, 2.24) is 5.32 Å². The maximum Gasteiger partial charge on any atom is 0.513 e. The molecule has 1 atom stereocenters. The smallest absolute Gasteiger partial charge is 0.434 e. The zero-order valence-corrected chi connectivity index (χ0v) is 21.4. The van der Waals surface area contributed by atoms with Crippen LogP contribution in [0.25, 0.3) is 0 Å². The van der Waals surface area contributed by atoms with Crippen LogP contribution >= 0.6 is 0 Å². The summed E-state index contributed by atoms with van der Waals surface area (Å²) in [5, 5.41) is 14.2. The topological polar surface area (TPSA) is 126 Å².